The van der Waals surface area contributed by atoms with Gasteiger partial charge in [0.1, 0.15) is 5.75 Å². The molecule has 0 aliphatic carbocycles. The first-order valence-corrected chi connectivity index (χ1v) is 12.2. The number of thiocarbonyl (C=S) groups is 1. The Morgan fingerprint density at radius 1 is 1.03 bits per heavy atom. The maximum atomic E-state index is 13.0. The van der Waals surface area contributed by atoms with E-state index in [0.29, 0.717) is 15.8 Å². The number of rotatable bonds is 10. The van der Waals surface area contributed by atoms with Crippen LogP contribution in [-0.4, -0.2) is 55.5 Å². The predicted octanol–water partition coefficient (Wildman–Crippen LogP) is 5.69. The van der Waals surface area contributed by atoms with Gasteiger partial charge in [-0.15, -0.1) is 12.4 Å². The van der Waals surface area contributed by atoms with Crippen LogP contribution < -0.4 is 14.5 Å². The Bertz CT molecular complexity index is 959. The van der Waals surface area contributed by atoms with Crippen LogP contribution in [0.4, 0.5) is 11.4 Å². The van der Waals surface area contributed by atoms with Gasteiger partial charge in [0.05, 0.1) is 17.2 Å². The molecule has 1 saturated heterocycles. The minimum Gasteiger partial charge on any atom is -0.494 e. The van der Waals surface area contributed by atoms with Gasteiger partial charge >= 0.3 is 0 Å². The summed E-state index contributed by atoms with van der Waals surface area (Å²) in [7, 11) is 4.01. The fourth-order valence-electron chi connectivity index (χ4n) is 3.42. The van der Waals surface area contributed by atoms with Gasteiger partial charge in [-0.3, -0.25) is 9.69 Å². The molecule has 1 heterocycles. The van der Waals surface area contributed by atoms with E-state index in [-0.39, 0.29) is 18.3 Å². The molecule has 5 nitrogen and oxygen atoms in total. The fraction of sp³-hybridized carbons (Fsp3) is 0.360. The second-order valence-corrected chi connectivity index (χ2v) is 9.40. The van der Waals surface area contributed by atoms with Crippen molar-refractivity contribution in [1.82, 2.24) is 4.90 Å². The molecule has 1 fully saturated rings. The van der Waals surface area contributed by atoms with Crippen molar-refractivity contribution in [3.8, 4) is 5.75 Å². The molecule has 1 aliphatic rings. The van der Waals surface area contributed by atoms with Crippen molar-refractivity contribution in [1.29, 1.82) is 0 Å². The van der Waals surface area contributed by atoms with Gasteiger partial charge in [-0.25, -0.2) is 0 Å². The Kier molecular flexibility index (Phi) is 10.7. The van der Waals surface area contributed by atoms with Crippen LogP contribution in [0, 0.1) is 0 Å². The molecule has 8 heteroatoms. The van der Waals surface area contributed by atoms with Crippen LogP contribution in [0.15, 0.2) is 53.4 Å². The zero-order chi connectivity index (χ0) is 23.1. The fourth-order valence-corrected chi connectivity index (χ4v) is 4.72. The van der Waals surface area contributed by atoms with Crippen LogP contribution in [0.25, 0.3) is 6.08 Å². The Hall–Kier alpha value is -2.06. The van der Waals surface area contributed by atoms with Gasteiger partial charge in [-0.05, 0) is 67.5 Å². The standard InChI is InChI=1S/C25H31N3O2S2.ClH/c1-5-27(6-2)16-7-17-30-22-14-12-21(13-15-22)28-24(29)23(32-25(28)31)18-19-8-10-20(11-9-19)26(3)4;/h8-15,18H,5-7,16-17H2,1-4H3;1H/b23-18-;. The molecular formula is C25H32ClN3O2S2. The summed E-state index contributed by atoms with van der Waals surface area (Å²) in [6, 6.07) is 15.7. The highest BCUT2D eigenvalue weighted by molar-refractivity contribution is 8.27. The zero-order valence-electron chi connectivity index (χ0n) is 19.6. The first-order chi connectivity index (χ1) is 15.4. The summed E-state index contributed by atoms with van der Waals surface area (Å²) >= 11 is 6.83. The summed E-state index contributed by atoms with van der Waals surface area (Å²) in [5.41, 5.74) is 2.85. The monoisotopic (exact) mass is 505 g/mol. The number of ether oxygens (including phenoxy) is 1. The first-order valence-electron chi connectivity index (χ1n) is 10.9. The second-order valence-electron chi connectivity index (χ2n) is 7.73. The van der Waals surface area contributed by atoms with Crippen LogP contribution >= 0.6 is 36.4 Å². The highest BCUT2D eigenvalue weighted by Gasteiger charge is 2.33. The van der Waals surface area contributed by atoms with Crippen molar-refractivity contribution >= 4 is 64.1 Å². The molecule has 0 radical (unpaired) electrons. The Balaban J connectivity index is 0.00000385. The highest BCUT2D eigenvalue weighted by Crippen LogP contribution is 2.36. The number of hydrogen-bond acceptors (Lipinski definition) is 6. The van der Waals surface area contributed by atoms with E-state index in [0.717, 1.165) is 48.7 Å². The van der Waals surface area contributed by atoms with Gasteiger partial charge in [0.25, 0.3) is 5.91 Å². The second kappa shape index (κ2) is 13.0. The van der Waals surface area contributed by atoms with E-state index < -0.39 is 0 Å². The van der Waals surface area contributed by atoms with Crippen LogP contribution in [0.1, 0.15) is 25.8 Å². The normalized spacial score (nSPS) is 14.7. The average Bonchev–Trinajstić information content (AvgIpc) is 3.07. The molecular weight excluding hydrogens is 474 g/mol. The topological polar surface area (TPSA) is 36.0 Å². The van der Waals surface area contributed by atoms with Gasteiger partial charge in [-0.2, -0.15) is 0 Å². The largest absolute Gasteiger partial charge is 0.494 e. The molecule has 0 unspecified atom stereocenters. The van der Waals surface area contributed by atoms with Gasteiger partial charge in [0.2, 0.25) is 0 Å². The van der Waals surface area contributed by atoms with Crippen molar-refractivity contribution < 1.29 is 9.53 Å². The Morgan fingerprint density at radius 2 is 1.67 bits per heavy atom. The molecule has 2 aromatic carbocycles. The maximum Gasteiger partial charge on any atom is 0.270 e. The van der Waals surface area contributed by atoms with Crippen LogP contribution in [0.5, 0.6) is 5.75 Å². The molecule has 178 valence electrons. The zero-order valence-corrected chi connectivity index (χ0v) is 22.1. The van der Waals surface area contributed by atoms with E-state index in [9.17, 15) is 4.79 Å². The minimum absolute atomic E-state index is 0. The van der Waals surface area contributed by atoms with E-state index >= 15 is 0 Å². The minimum atomic E-state index is -0.0930. The van der Waals surface area contributed by atoms with Gasteiger partial charge in [-0.1, -0.05) is 50.0 Å². The summed E-state index contributed by atoms with van der Waals surface area (Å²) in [5.74, 6) is 0.708. The molecule has 0 N–H and O–H groups in total. The number of nitrogens with zero attached hydrogens (tertiary/aromatic N) is 3. The highest BCUT2D eigenvalue weighted by atomic mass is 35.5. The number of anilines is 2. The summed E-state index contributed by atoms with van der Waals surface area (Å²) < 4.78 is 6.40. The maximum absolute atomic E-state index is 13.0. The third-order valence-electron chi connectivity index (χ3n) is 5.38. The predicted molar refractivity (Wildman–Crippen MR) is 148 cm³/mol. The molecule has 0 bridgehead atoms. The Labute approximate surface area is 213 Å². The third-order valence-corrected chi connectivity index (χ3v) is 6.68. The first kappa shape index (κ1) is 27.2. The van der Waals surface area contributed by atoms with Crippen LogP contribution in [-0.2, 0) is 4.79 Å². The third kappa shape index (κ3) is 7.21. The molecule has 2 aromatic rings. The average molecular weight is 506 g/mol. The Morgan fingerprint density at radius 3 is 2.24 bits per heavy atom. The smallest absolute Gasteiger partial charge is 0.270 e. The van der Waals surface area contributed by atoms with Crippen molar-refractivity contribution in [3.63, 3.8) is 0 Å². The lowest BCUT2D eigenvalue weighted by Gasteiger charge is -2.18. The molecule has 0 atom stereocenters. The molecule has 0 spiro atoms. The van der Waals surface area contributed by atoms with E-state index in [4.69, 9.17) is 17.0 Å². The summed E-state index contributed by atoms with van der Waals surface area (Å²) in [5, 5.41) is 0. The molecule has 1 amide bonds. The SMILES string of the molecule is CCN(CC)CCCOc1ccc(N2C(=O)/C(=C/c3ccc(N(C)C)cc3)SC2=S)cc1.Cl. The van der Waals surface area contributed by atoms with Gasteiger partial charge < -0.3 is 14.5 Å². The van der Waals surface area contributed by atoms with E-state index in [1.807, 2.05) is 73.6 Å². The number of halogens is 1. The van der Waals surface area contributed by atoms with Crippen LogP contribution in [0.3, 0.4) is 0 Å². The van der Waals surface area contributed by atoms with E-state index in [1.165, 1.54) is 11.8 Å². The van der Waals surface area contributed by atoms with Gasteiger partial charge in [0.15, 0.2) is 4.32 Å². The van der Waals surface area contributed by atoms with E-state index in [2.05, 4.69) is 18.7 Å². The lowest BCUT2D eigenvalue weighted by Crippen LogP contribution is -2.27. The van der Waals surface area contributed by atoms with E-state index in [1.54, 1.807) is 4.90 Å². The summed E-state index contributed by atoms with van der Waals surface area (Å²) in [6.45, 7) is 8.17. The number of benzene rings is 2. The molecule has 3 rings (SSSR count). The van der Waals surface area contributed by atoms with Crippen molar-refractivity contribution in [2.24, 2.45) is 0 Å². The quantitative estimate of drug-likeness (QED) is 0.234. The molecule has 0 aromatic heterocycles. The molecule has 0 saturated carbocycles. The summed E-state index contributed by atoms with van der Waals surface area (Å²) in [6.07, 6.45) is 2.88. The summed E-state index contributed by atoms with van der Waals surface area (Å²) in [4.78, 5) is 19.7. The lowest BCUT2D eigenvalue weighted by molar-refractivity contribution is -0.113. The number of amides is 1. The number of carbonyl (C=O) groups is 1. The van der Waals surface area contributed by atoms with Crippen molar-refractivity contribution in [3.05, 3.63) is 59.0 Å². The number of hydrogen-bond donors (Lipinski definition) is 0. The van der Waals surface area contributed by atoms with Gasteiger partial charge in [0, 0.05) is 26.3 Å². The van der Waals surface area contributed by atoms with Crippen molar-refractivity contribution in [2.75, 3.05) is 50.1 Å². The number of carbonyl (C=O) groups excluding carboxylic acids is 1. The van der Waals surface area contributed by atoms with Crippen molar-refractivity contribution in [2.45, 2.75) is 20.3 Å². The molecule has 33 heavy (non-hydrogen) atoms. The molecule has 1 aliphatic heterocycles. The van der Waals surface area contributed by atoms with Crippen LogP contribution in [0.2, 0.25) is 0 Å². The number of thioether (sulfide) groups is 1. The lowest BCUT2D eigenvalue weighted by atomic mass is 10.2.